The van der Waals surface area contributed by atoms with E-state index in [2.05, 4.69) is 39.8 Å². The number of aryl methyl sites for hydroxylation is 1. The van der Waals surface area contributed by atoms with Crippen LogP contribution >= 0.6 is 0 Å². The molecule has 0 radical (unpaired) electrons. The molecule has 116 valence electrons. The number of aromatic amines is 1. The van der Waals surface area contributed by atoms with Crippen LogP contribution in [0.5, 0.6) is 0 Å². The number of carbonyl (C=O) groups is 1. The molecule has 5 heteroatoms. The third kappa shape index (κ3) is 3.36. The molecule has 0 saturated carbocycles. The maximum atomic E-state index is 12.1. The second-order valence-corrected chi connectivity index (χ2v) is 5.73. The van der Waals surface area contributed by atoms with Crippen LogP contribution in [0.2, 0.25) is 0 Å². The van der Waals surface area contributed by atoms with Gasteiger partial charge in [0.1, 0.15) is 0 Å². The highest BCUT2D eigenvalue weighted by Crippen LogP contribution is 2.34. The quantitative estimate of drug-likeness (QED) is 0.860. The van der Waals surface area contributed by atoms with Gasteiger partial charge in [0.15, 0.2) is 0 Å². The first-order valence-corrected chi connectivity index (χ1v) is 7.63. The van der Waals surface area contributed by atoms with Gasteiger partial charge < -0.3 is 10.1 Å². The van der Waals surface area contributed by atoms with Gasteiger partial charge in [-0.2, -0.15) is 5.10 Å². The second kappa shape index (κ2) is 6.75. The molecule has 22 heavy (non-hydrogen) atoms. The standard InChI is InChI=1S/C17H21N3O2/c1-22-11-15-9-14(19-20-15)10-18-17(21)8-13-7-6-12-4-2-3-5-16(12)13/h2-5,9,13H,6-8,10-11H2,1H3,(H,18,21)(H,19,20)/t13-/m0/s1. The van der Waals surface area contributed by atoms with Crippen molar-refractivity contribution in [2.75, 3.05) is 7.11 Å². The molecule has 0 spiro atoms. The van der Waals surface area contributed by atoms with Crippen LogP contribution in [0.3, 0.4) is 0 Å². The summed E-state index contributed by atoms with van der Waals surface area (Å²) in [6, 6.07) is 10.3. The number of H-pyrrole nitrogens is 1. The molecular formula is C17H21N3O2. The number of benzene rings is 1. The first-order valence-electron chi connectivity index (χ1n) is 7.63. The van der Waals surface area contributed by atoms with Crippen molar-refractivity contribution >= 4 is 5.91 Å². The van der Waals surface area contributed by atoms with E-state index in [0.29, 0.717) is 25.5 Å². The Morgan fingerprint density at radius 2 is 2.32 bits per heavy atom. The van der Waals surface area contributed by atoms with Crippen molar-refractivity contribution in [2.45, 2.75) is 38.3 Å². The smallest absolute Gasteiger partial charge is 0.220 e. The monoisotopic (exact) mass is 299 g/mol. The lowest BCUT2D eigenvalue weighted by Gasteiger charge is -2.11. The molecule has 1 aliphatic rings. The summed E-state index contributed by atoms with van der Waals surface area (Å²) >= 11 is 0. The van der Waals surface area contributed by atoms with E-state index < -0.39 is 0 Å². The Bertz CT molecular complexity index is 651. The van der Waals surface area contributed by atoms with Gasteiger partial charge in [0.25, 0.3) is 0 Å². The average molecular weight is 299 g/mol. The van der Waals surface area contributed by atoms with Crippen LogP contribution in [-0.4, -0.2) is 23.2 Å². The molecule has 1 aromatic heterocycles. The van der Waals surface area contributed by atoms with Crippen molar-refractivity contribution in [3.8, 4) is 0 Å². The summed E-state index contributed by atoms with van der Waals surface area (Å²) in [4.78, 5) is 12.1. The minimum absolute atomic E-state index is 0.0876. The molecule has 0 aliphatic heterocycles. The molecular weight excluding hydrogens is 278 g/mol. The predicted molar refractivity (Wildman–Crippen MR) is 83.3 cm³/mol. The lowest BCUT2D eigenvalue weighted by Crippen LogP contribution is -2.24. The fourth-order valence-corrected chi connectivity index (χ4v) is 3.07. The molecule has 2 aromatic rings. The lowest BCUT2D eigenvalue weighted by molar-refractivity contribution is -0.121. The normalized spacial score (nSPS) is 16.5. The number of hydrogen-bond acceptors (Lipinski definition) is 3. The number of aromatic nitrogens is 2. The van der Waals surface area contributed by atoms with E-state index in [0.717, 1.165) is 24.2 Å². The number of carbonyl (C=O) groups excluding carboxylic acids is 1. The van der Waals surface area contributed by atoms with E-state index in [9.17, 15) is 4.79 Å². The van der Waals surface area contributed by atoms with Gasteiger partial charge in [-0.25, -0.2) is 0 Å². The Labute approximate surface area is 130 Å². The summed E-state index contributed by atoms with van der Waals surface area (Å²) in [6.07, 6.45) is 2.69. The largest absolute Gasteiger partial charge is 0.378 e. The van der Waals surface area contributed by atoms with Crippen molar-refractivity contribution in [1.29, 1.82) is 0 Å². The zero-order valence-electron chi connectivity index (χ0n) is 12.8. The summed E-state index contributed by atoms with van der Waals surface area (Å²) in [7, 11) is 1.63. The highest BCUT2D eigenvalue weighted by Gasteiger charge is 2.24. The molecule has 1 heterocycles. The predicted octanol–water partition coefficient (Wildman–Crippen LogP) is 2.29. The van der Waals surface area contributed by atoms with Crippen LogP contribution in [0, 0.1) is 0 Å². The maximum Gasteiger partial charge on any atom is 0.220 e. The zero-order chi connectivity index (χ0) is 15.4. The van der Waals surface area contributed by atoms with E-state index in [1.165, 1.54) is 11.1 Å². The number of rotatable bonds is 6. The number of nitrogens with one attached hydrogen (secondary N) is 2. The van der Waals surface area contributed by atoms with Gasteiger partial charge in [-0.15, -0.1) is 0 Å². The third-order valence-electron chi connectivity index (χ3n) is 4.14. The van der Waals surface area contributed by atoms with Gasteiger partial charge in [0.2, 0.25) is 5.91 Å². The maximum absolute atomic E-state index is 12.1. The van der Waals surface area contributed by atoms with Crippen molar-refractivity contribution in [1.82, 2.24) is 15.5 Å². The average Bonchev–Trinajstić information content (AvgIpc) is 3.13. The first kappa shape index (κ1) is 14.8. The fourth-order valence-electron chi connectivity index (χ4n) is 3.07. The van der Waals surface area contributed by atoms with E-state index in [-0.39, 0.29) is 5.91 Å². The summed E-state index contributed by atoms with van der Waals surface area (Å²) in [6.45, 7) is 0.952. The Hall–Kier alpha value is -2.14. The highest BCUT2D eigenvalue weighted by molar-refractivity contribution is 5.77. The second-order valence-electron chi connectivity index (χ2n) is 5.73. The first-order chi connectivity index (χ1) is 10.8. The van der Waals surface area contributed by atoms with Gasteiger partial charge in [0, 0.05) is 13.5 Å². The van der Waals surface area contributed by atoms with Crippen LogP contribution in [-0.2, 0) is 29.1 Å². The molecule has 0 saturated heterocycles. The molecule has 1 atom stereocenters. The van der Waals surface area contributed by atoms with Crippen LogP contribution < -0.4 is 5.32 Å². The van der Waals surface area contributed by atoms with Crippen molar-refractivity contribution in [3.63, 3.8) is 0 Å². The molecule has 0 bridgehead atoms. The van der Waals surface area contributed by atoms with Crippen LogP contribution in [0.15, 0.2) is 30.3 Å². The molecule has 5 nitrogen and oxygen atoms in total. The Balaban J connectivity index is 1.51. The molecule has 1 aromatic carbocycles. The van der Waals surface area contributed by atoms with Crippen molar-refractivity contribution in [3.05, 3.63) is 52.8 Å². The summed E-state index contributed by atoms with van der Waals surface area (Å²) in [5.74, 6) is 0.437. The molecule has 1 aliphatic carbocycles. The van der Waals surface area contributed by atoms with E-state index in [1.54, 1.807) is 7.11 Å². The highest BCUT2D eigenvalue weighted by atomic mass is 16.5. The third-order valence-corrected chi connectivity index (χ3v) is 4.14. The summed E-state index contributed by atoms with van der Waals surface area (Å²) in [5, 5.41) is 9.99. The summed E-state index contributed by atoms with van der Waals surface area (Å²) in [5.41, 5.74) is 4.46. The van der Waals surface area contributed by atoms with Crippen LogP contribution in [0.25, 0.3) is 0 Å². The molecule has 2 N–H and O–H groups in total. The molecule has 0 fully saturated rings. The van der Waals surface area contributed by atoms with E-state index in [4.69, 9.17) is 4.74 Å². The topological polar surface area (TPSA) is 67.0 Å². The van der Waals surface area contributed by atoms with Gasteiger partial charge in [-0.3, -0.25) is 9.89 Å². The number of hydrogen-bond donors (Lipinski definition) is 2. The number of fused-ring (bicyclic) bond motifs is 1. The summed E-state index contributed by atoms with van der Waals surface area (Å²) < 4.78 is 5.02. The minimum atomic E-state index is 0.0876. The van der Waals surface area contributed by atoms with Crippen LogP contribution in [0.4, 0.5) is 0 Å². The number of methoxy groups -OCH3 is 1. The number of ether oxygens (including phenoxy) is 1. The molecule has 0 unspecified atom stereocenters. The molecule has 3 rings (SSSR count). The Kier molecular flexibility index (Phi) is 4.53. The Morgan fingerprint density at radius 3 is 3.18 bits per heavy atom. The lowest BCUT2D eigenvalue weighted by atomic mass is 9.97. The number of amides is 1. The van der Waals surface area contributed by atoms with Gasteiger partial charge >= 0.3 is 0 Å². The zero-order valence-corrected chi connectivity index (χ0v) is 12.8. The van der Waals surface area contributed by atoms with Crippen molar-refractivity contribution in [2.24, 2.45) is 0 Å². The number of nitrogens with zero attached hydrogens (tertiary/aromatic N) is 1. The van der Waals surface area contributed by atoms with E-state index in [1.807, 2.05) is 6.07 Å². The Morgan fingerprint density at radius 1 is 1.45 bits per heavy atom. The molecule has 1 amide bonds. The van der Waals surface area contributed by atoms with E-state index >= 15 is 0 Å². The fraction of sp³-hybridized carbons (Fsp3) is 0.412. The van der Waals surface area contributed by atoms with Crippen molar-refractivity contribution < 1.29 is 9.53 Å². The van der Waals surface area contributed by atoms with Gasteiger partial charge in [0.05, 0.1) is 24.5 Å². The SMILES string of the molecule is COCc1cc(CNC(=O)C[C@@H]2CCc3ccccc32)[nH]n1. The van der Waals surface area contributed by atoms with Gasteiger partial charge in [-0.05, 0) is 36.0 Å². The van der Waals surface area contributed by atoms with Crippen LogP contribution in [0.1, 0.15) is 41.3 Å². The minimum Gasteiger partial charge on any atom is -0.378 e. The van der Waals surface area contributed by atoms with Gasteiger partial charge in [-0.1, -0.05) is 24.3 Å².